The average Bonchev–Trinajstić information content (AvgIpc) is 2.72. The van der Waals surface area contributed by atoms with E-state index in [9.17, 15) is 9.59 Å². The van der Waals surface area contributed by atoms with Crippen LogP contribution in [0.1, 0.15) is 41.2 Å². The van der Waals surface area contributed by atoms with Crippen molar-refractivity contribution < 1.29 is 19.2 Å². The van der Waals surface area contributed by atoms with E-state index in [4.69, 9.17) is 16.3 Å². The molecule has 0 aliphatic carbocycles. The van der Waals surface area contributed by atoms with Gasteiger partial charge in [0.25, 0.3) is 5.91 Å². The monoisotopic (exact) mass is 270 g/mol. The van der Waals surface area contributed by atoms with Crippen molar-refractivity contribution in [1.82, 2.24) is 9.94 Å². The van der Waals surface area contributed by atoms with E-state index in [1.54, 1.807) is 0 Å². The quantitative estimate of drug-likeness (QED) is 0.691. The molecule has 4 N–H and O–H groups in total. The topological polar surface area (TPSA) is 122 Å². The first-order chi connectivity index (χ1) is 8.92. The number of primary amides is 1. The summed E-state index contributed by atoms with van der Waals surface area (Å²) in [4.78, 5) is 29.0. The minimum Gasteiger partial charge on any atom is -0.464 e. The van der Waals surface area contributed by atoms with E-state index >= 15 is 0 Å². The summed E-state index contributed by atoms with van der Waals surface area (Å²) in [7, 11) is 1.19. The van der Waals surface area contributed by atoms with Gasteiger partial charge in [0.15, 0.2) is 11.4 Å². The molecule has 0 fully saturated rings. The van der Waals surface area contributed by atoms with Crippen LogP contribution in [0.2, 0.25) is 0 Å². The lowest BCUT2D eigenvalue weighted by atomic mass is 10.1. The Bertz CT molecular complexity index is 483. The van der Waals surface area contributed by atoms with Gasteiger partial charge in [0.1, 0.15) is 12.3 Å². The molecule has 1 heterocycles. The maximum absolute atomic E-state index is 11.4. The van der Waals surface area contributed by atoms with Crippen molar-refractivity contribution in [3.8, 4) is 0 Å². The Morgan fingerprint density at radius 3 is 2.58 bits per heavy atom. The van der Waals surface area contributed by atoms with Crippen LogP contribution in [0, 0.1) is 5.92 Å². The van der Waals surface area contributed by atoms with Gasteiger partial charge in [0.2, 0.25) is 0 Å². The van der Waals surface area contributed by atoms with E-state index in [-0.39, 0.29) is 23.0 Å². The molecular formula is C11H18N4O4. The molecular weight excluding hydrogens is 252 g/mol. The number of nitrogens with zero attached hydrogens (tertiary/aromatic N) is 2. The lowest BCUT2D eigenvalue weighted by Gasteiger charge is -2.11. The molecule has 1 amide bonds. The van der Waals surface area contributed by atoms with Crippen LogP contribution >= 0.6 is 0 Å². The van der Waals surface area contributed by atoms with E-state index in [1.165, 1.54) is 7.11 Å². The van der Waals surface area contributed by atoms with Gasteiger partial charge in [0, 0.05) is 0 Å². The van der Waals surface area contributed by atoms with Crippen LogP contribution in [0.15, 0.2) is 0 Å². The Morgan fingerprint density at radius 2 is 2.11 bits per heavy atom. The third kappa shape index (κ3) is 3.15. The highest BCUT2D eigenvalue weighted by Crippen LogP contribution is 2.17. The molecule has 1 unspecified atom stereocenters. The van der Waals surface area contributed by atoms with Gasteiger partial charge < -0.3 is 21.0 Å². The number of carbonyl (C=O) groups is 2. The number of carbonyl (C=O) groups excluding carboxylic acids is 2. The molecule has 1 aromatic rings. The predicted octanol–water partition coefficient (Wildman–Crippen LogP) is -0.174. The van der Waals surface area contributed by atoms with Crippen molar-refractivity contribution in [2.45, 2.75) is 20.3 Å². The Balaban J connectivity index is 3.08. The molecule has 0 saturated carbocycles. The van der Waals surface area contributed by atoms with Crippen molar-refractivity contribution in [3.05, 3.63) is 11.4 Å². The lowest BCUT2D eigenvalue weighted by Crippen LogP contribution is -2.26. The Hall–Kier alpha value is -2.25. The van der Waals surface area contributed by atoms with Crippen LogP contribution in [0.4, 0.5) is 5.69 Å². The first-order valence-corrected chi connectivity index (χ1v) is 5.82. The van der Waals surface area contributed by atoms with Gasteiger partial charge in [-0.2, -0.15) is 0 Å². The summed E-state index contributed by atoms with van der Waals surface area (Å²) in [5.74, 6) is -1.33. The molecule has 8 heteroatoms. The third-order valence-corrected chi connectivity index (χ3v) is 2.68. The summed E-state index contributed by atoms with van der Waals surface area (Å²) < 4.78 is 4.51. The van der Waals surface area contributed by atoms with Crippen LogP contribution in [0.5, 0.6) is 0 Å². The number of amides is 1. The van der Waals surface area contributed by atoms with Crippen LogP contribution in [-0.2, 0) is 4.74 Å². The van der Waals surface area contributed by atoms with Gasteiger partial charge in [-0.05, 0) is 5.92 Å². The van der Waals surface area contributed by atoms with Crippen molar-refractivity contribution in [2.75, 3.05) is 19.5 Å². The highest BCUT2D eigenvalue weighted by atomic mass is 16.7. The highest BCUT2D eigenvalue weighted by molar-refractivity contribution is 6.02. The number of anilines is 1. The van der Waals surface area contributed by atoms with Crippen molar-refractivity contribution in [1.29, 1.82) is 0 Å². The molecule has 1 aromatic heterocycles. The first-order valence-electron chi connectivity index (χ1n) is 5.82. The fraction of sp³-hybridized carbons (Fsp3) is 0.545. The normalized spacial score (nSPS) is 11.9. The molecule has 19 heavy (non-hydrogen) atoms. The van der Waals surface area contributed by atoms with Crippen LogP contribution in [-0.4, -0.2) is 35.5 Å². The zero-order valence-corrected chi connectivity index (χ0v) is 11.2. The number of aromatic nitrogens is 2. The summed E-state index contributed by atoms with van der Waals surface area (Å²) in [6.07, 6.45) is 0.895. The molecule has 0 bridgehead atoms. The van der Waals surface area contributed by atoms with E-state index < -0.39 is 11.9 Å². The van der Waals surface area contributed by atoms with Crippen LogP contribution < -0.4 is 16.3 Å². The Morgan fingerprint density at radius 1 is 1.47 bits per heavy atom. The summed E-state index contributed by atoms with van der Waals surface area (Å²) >= 11 is 0. The van der Waals surface area contributed by atoms with Crippen molar-refractivity contribution >= 4 is 17.6 Å². The van der Waals surface area contributed by atoms with Gasteiger partial charge in [-0.15, -0.1) is 5.10 Å². The largest absolute Gasteiger partial charge is 0.464 e. The van der Waals surface area contributed by atoms with Crippen LogP contribution in [0.3, 0.4) is 0 Å². The van der Waals surface area contributed by atoms with Gasteiger partial charge in [-0.1, -0.05) is 25.1 Å². The number of hydrogen-bond acceptors (Lipinski definition) is 6. The van der Waals surface area contributed by atoms with E-state index in [1.807, 2.05) is 13.8 Å². The minimum atomic E-state index is -0.829. The molecule has 0 aliphatic rings. The number of esters is 1. The summed E-state index contributed by atoms with van der Waals surface area (Å²) in [6, 6.07) is 0. The molecule has 1 rings (SSSR count). The maximum atomic E-state index is 11.4. The van der Waals surface area contributed by atoms with E-state index in [0.717, 1.165) is 11.3 Å². The van der Waals surface area contributed by atoms with Gasteiger partial charge in [0.05, 0.1) is 7.11 Å². The van der Waals surface area contributed by atoms with Gasteiger partial charge in [-0.3, -0.25) is 4.79 Å². The number of nitrogens with two attached hydrogens (primary N) is 2. The third-order valence-electron chi connectivity index (χ3n) is 2.68. The van der Waals surface area contributed by atoms with Crippen LogP contribution in [0.25, 0.3) is 0 Å². The highest BCUT2D eigenvalue weighted by Gasteiger charge is 2.26. The number of ether oxygens (including phenoxy) is 1. The standard InChI is InChI=1S/C11H18N4O4/c1-4-6(2)5-19-15-9(10(13)16)7(12)8(14-15)11(17)18-3/h6H,4-5,12H2,1-3H3,(H2,13,16). The second kappa shape index (κ2) is 6.07. The summed E-state index contributed by atoms with van der Waals surface area (Å²) in [5.41, 5.74) is 10.3. The van der Waals surface area contributed by atoms with E-state index in [2.05, 4.69) is 9.84 Å². The van der Waals surface area contributed by atoms with Gasteiger partial charge >= 0.3 is 5.97 Å². The number of rotatable bonds is 6. The molecule has 1 atom stereocenters. The fourth-order valence-electron chi connectivity index (χ4n) is 1.29. The summed E-state index contributed by atoms with van der Waals surface area (Å²) in [5, 5.41) is 3.80. The average molecular weight is 270 g/mol. The first kappa shape index (κ1) is 14.8. The minimum absolute atomic E-state index is 0.150. The molecule has 0 saturated heterocycles. The molecule has 0 aliphatic heterocycles. The maximum Gasteiger partial charge on any atom is 0.360 e. The lowest BCUT2D eigenvalue weighted by molar-refractivity contribution is 0.0464. The second-order valence-electron chi connectivity index (χ2n) is 4.15. The zero-order chi connectivity index (χ0) is 14.6. The van der Waals surface area contributed by atoms with E-state index in [0.29, 0.717) is 6.61 Å². The van der Waals surface area contributed by atoms with Gasteiger partial charge in [-0.25, -0.2) is 4.79 Å². The summed E-state index contributed by atoms with van der Waals surface area (Å²) in [6.45, 7) is 4.29. The number of nitrogen functional groups attached to an aromatic ring is 1. The molecule has 0 radical (unpaired) electrons. The predicted molar refractivity (Wildman–Crippen MR) is 67.4 cm³/mol. The molecule has 106 valence electrons. The molecule has 0 spiro atoms. The Kier molecular flexibility index (Phi) is 4.74. The second-order valence-corrected chi connectivity index (χ2v) is 4.15. The van der Waals surface area contributed by atoms with Crippen molar-refractivity contribution in [3.63, 3.8) is 0 Å². The Labute approximate surface area is 110 Å². The zero-order valence-electron chi connectivity index (χ0n) is 11.2. The number of methoxy groups -OCH3 is 1. The fourth-order valence-corrected chi connectivity index (χ4v) is 1.29. The number of hydrogen-bond donors (Lipinski definition) is 2. The molecule has 8 nitrogen and oxygen atoms in total. The smallest absolute Gasteiger partial charge is 0.360 e. The van der Waals surface area contributed by atoms with Crippen molar-refractivity contribution in [2.24, 2.45) is 11.7 Å². The molecule has 0 aromatic carbocycles. The SMILES string of the molecule is CCC(C)COn1nc(C(=O)OC)c(N)c1C(N)=O.